The summed E-state index contributed by atoms with van der Waals surface area (Å²) >= 11 is 0. The number of hydrogen-bond acceptors (Lipinski definition) is 3. The van der Waals surface area contributed by atoms with E-state index in [0.717, 1.165) is 12.3 Å². The summed E-state index contributed by atoms with van der Waals surface area (Å²) in [6, 6.07) is 10.3. The topological polar surface area (TPSA) is 30.8 Å². The first-order valence-electron chi connectivity index (χ1n) is 7.07. The van der Waals surface area contributed by atoms with E-state index in [9.17, 15) is 0 Å². The predicted molar refractivity (Wildman–Crippen MR) is 80.8 cm³/mol. The first kappa shape index (κ1) is 13.4. The molecule has 2 atom stereocenters. The molecule has 1 fully saturated rings. The van der Waals surface area contributed by atoms with Crippen LogP contribution in [0.15, 0.2) is 41.4 Å². The maximum absolute atomic E-state index is 5.74. The lowest BCUT2D eigenvalue weighted by Gasteiger charge is -2.10. The van der Waals surface area contributed by atoms with Crippen LogP contribution in [-0.2, 0) is 9.47 Å². The molecule has 106 valence electrons. The summed E-state index contributed by atoms with van der Waals surface area (Å²) in [5.74, 6) is 1.11. The number of aliphatic imine (C=N–C) groups is 1. The molecular formula is C17H21NO2. The van der Waals surface area contributed by atoms with Crippen LogP contribution >= 0.6 is 0 Å². The van der Waals surface area contributed by atoms with Crippen molar-refractivity contribution in [3.63, 3.8) is 0 Å². The van der Waals surface area contributed by atoms with Crippen molar-refractivity contribution in [3.05, 3.63) is 42.0 Å². The van der Waals surface area contributed by atoms with Gasteiger partial charge < -0.3 is 9.47 Å². The first-order valence-corrected chi connectivity index (χ1v) is 7.07. The summed E-state index contributed by atoms with van der Waals surface area (Å²) in [5.41, 5.74) is 0.847. The summed E-state index contributed by atoms with van der Waals surface area (Å²) < 4.78 is 11.5. The van der Waals surface area contributed by atoms with E-state index in [4.69, 9.17) is 9.47 Å². The molecule has 1 saturated carbocycles. The molecule has 1 aliphatic carbocycles. The second-order valence-electron chi connectivity index (χ2n) is 6.21. The molecule has 1 aliphatic heterocycles. The fraction of sp³-hybridized carbons (Fsp3) is 0.471. The number of ether oxygens (including phenoxy) is 2. The monoisotopic (exact) mass is 271 g/mol. The lowest BCUT2D eigenvalue weighted by atomic mass is 10.1. The summed E-state index contributed by atoms with van der Waals surface area (Å²) in [6.45, 7) is 4.86. The highest BCUT2D eigenvalue weighted by Crippen LogP contribution is 2.50. The van der Waals surface area contributed by atoms with Crippen LogP contribution in [0.2, 0.25) is 0 Å². The van der Waals surface area contributed by atoms with Crippen LogP contribution in [0.5, 0.6) is 0 Å². The highest BCUT2D eigenvalue weighted by molar-refractivity contribution is 5.86. The number of rotatable bonds is 4. The average molecular weight is 271 g/mol. The molecule has 0 aromatic heterocycles. The molecule has 0 unspecified atom stereocenters. The number of hydrogen-bond donors (Lipinski definition) is 0. The Balaban J connectivity index is 1.74. The lowest BCUT2D eigenvalue weighted by Crippen LogP contribution is -2.17. The van der Waals surface area contributed by atoms with Gasteiger partial charge in [-0.2, -0.15) is 0 Å². The Morgan fingerprint density at radius 2 is 2.05 bits per heavy atom. The zero-order valence-electron chi connectivity index (χ0n) is 12.3. The molecule has 20 heavy (non-hydrogen) atoms. The third kappa shape index (κ3) is 2.50. The van der Waals surface area contributed by atoms with Crippen molar-refractivity contribution in [1.29, 1.82) is 0 Å². The molecule has 0 spiro atoms. The molecule has 3 rings (SSSR count). The minimum absolute atomic E-state index is 0.0967. The summed E-state index contributed by atoms with van der Waals surface area (Å²) in [7, 11) is 1.76. The van der Waals surface area contributed by atoms with Crippen LogP contribution in [0, 0.1) is 5.92 Å². The zero-order valence-corrected chi connectivity index (χ0v) is 12.3. The van der Waals surface area contributed by atoms with Gasteiger partial charge in [-0.15, -0.1) is 0 Å². The highest BCUT2D eigenvalue weighted by Gasteiger charge is 2.58. The average Bonchev–Trinajstić information content (AvgIpc) is 3.07. The van der Waals surface area contributed by atoms with Gasteiger partial charge in [0, 0.05) is 7.11 Å². The van der Waals surface area contributed by atoms with Crippen molar-refractivity contribution in [2.24, 2.45) is 10.9 Å². The van der Waals surface area contributed by atoms with E-state index >= 15 is 0 Å². The molecule has 1 aromatic carbocycles. The van der Waals surface area contributed by atoms with Crippen molar-refractivity contribution in [1.82, 2.24) is 0 Å². The molecule has 0 saturated heterocycles. The van der Waals surface area contributed by atoms with Crippen LogP contribution in [0.1, 0.15) is 25.8 Å². The van der Waals surface area contributed by atoms with Gasteiger partial charge in [0.05, 0.1) is 17.1 Å². The number of benzene rings is 1. The molecule has 2 aliphatic rings. The van der Waals surface area contributed by atoms with E-state index in [1.165, 1.54) is 5.56 Å². The number of methoxy groups -OCH3 is 1. The molecule has 0 radical (unpaired) electrons. The van der Waals surface area contributed by atoms with Crippen molar-refractivity contribution >= 4 is 12.0 Å². The third-order valence-corrected chi connectivity index (χ3v) is 3.97. The third-order valence-electron chi connectivity index (χ3n) is 3.97. The van der Waals surface area contributed by atoms with Crippen molar-refractivity contribution < 1.29 is 9.47 Å². The van der Waals surface area contributed by atoms with Crippen LogP contribution in [0.25, 0.3) is 6.08 Å². The van der Waals surface area contributed by atoms with E-state index in [-0.39, 0.29) is 17.1 Å². The van der Waals surface area contributed by atoms with E-state index in [0.29, 0.717) is 6.61 Å². The van der Waals surface area contributed by atoms with Gasteiger partial charge in [0.15, 0.2) is 5.90 Å². The minimum atomic E-state index is -0.241. The Kier molecular flexibility index (Phi) is 3.17. The van der Waals surface area contributed by atoms with Crippen LogP contribution in [0.3, 0.4) is 0 Å². The Hall–Kier alpha value is -1.61. The molecule has 0 amide bonds. The summed E-state index contributed by atoms with van der Waals surface area (Å²) in [4.78, 5) is 4.66. The first-order chi connectivity index (χ1) is 9.55. The molecule has 3 heteroatoms. The van der Waals surface area contributed by atoms with Gasteiger partial charge in [-0.25, -0.2) is 4.99 Å². The summed E-state index contributed by atoms with van der Waals surface area (Å²) in [5, 5.41) is 0. The standard InChI is InChI=1S/C17H21NO2/c1-16(2)12-20-15(18-16)14-11-17(14,19-3)10-9-13-7-5-4-6-8-13/h4-10,14H,11-12H2,1-3H3/b10-9+/t14-,17+/m0/s1. The van der Waals surface area contributed by atoms with Gasteiger partial charge in [-0.1, -0.05) is 42.5 Å². The van der Waals surface area contributed by atoms with Crippen molar-refractivity contribution in [2.75, 3.05) is 13.7 Å². The van der Waals surface area contributed by atoms with Gasteiger partial charge in [0.2, 0.25) is 0 Å². The molecule has 3 nitrogen and oxygen atoms in total. The largest absolute Gasteiger partial charge is 0.478 e. The van der Waals surface area contributed by atoms with Gasteiger partial charge in [-0.05, 0) is 25.8 Å². The molecule has 0 bridgehead atoms. The van der Waals surface area contributed by atoms with E-state index in [1.54, 1.807) is 7.11 Å². The minimum Gasteiger partial charge on any atom is -0.478 e. The lowest BCUT2D eigenvalue weighted by molar-refractivity contribution is 0.112. The van der Waals surface area contributed by atoms with E-state index < -0.39 is 0 Å². The smallest absolute Gasteiger partial charge is 0.190 e. The Morgan fingerprint density at radius 3 is 2.65 bits per heavy atom. The van der Waals surface area contributed by atoms with Gasteiger partial charge in [-0.3, -0.25) is 0 Å². The fourth-order valence-corrected chi connectivity index (χ4v) is 2.63. The Labute approximate surface area is 120 Å². The predicted octanol–water partition coefficient (Wildman–Crippen LogP) is 3.31. The van der Waals surface area contributed by atoms with Gasteiger partial charge in [0.1, 0.15) is 6.61 Å². The van der Waals surface area contributed by atoms with Crippen molar-refractivity contribution in [3.8, 4) is 0 Å². The Bertz CT molecular complexity index is 547. The molecule has 1 heterocycles. The van der Waals surface area contributed by atoms with Gasteiger partial charge in [0.25, 0.3) is 0 Å². The highest BCUT2D eigenvalue weighted by atomic mass is 16.5. The van der Waals surface area contributed by atoms with Crippen LogP contribution in [-0.4, -0.2) is 30.8 Å². The fourth-order valence-electron chi connectivity index (χ4n) is 2.63. The molecule has 1 aromatic rings. The summed E-state index contributed by atoms with van der Waals surface area (Å²) in [6.07, 6.45) is 5.20. The maximum Gasteiger partial charge on any atom is 0.190 e. The van der Waals surface area contributed by atoms with E-state index in [1.807, 2.05) is 18.2 Å². The Morgan fingerprint density at radius 1 is 1.30 bits per heavy atom. The van der Waals surface area contributed by atoms with Gasteiger partial charge >= 0.3 is 0 Å². The zero-order chi connectivity index (χ0) is 14.2. The van der Waals surface area contributed by atoms with Crippen molar-refractivity contribution in [2.45, 2.75) is 31.4 Å². The van der Waals surface area contributed by atoms with Crippen LogP contribution in [0.4, 0.5) is 0 Å². The second-order valence-corrected chi connectivity index (χ2v) is 6.21. The quantitative estimate of drug-likeness (QED) is 0.841. The SMILES string of the molecule is CO[C@]1(/C=C/c2ccccc2)C[C@H]1C1=NC(C)(C)CO1. The molecule has 0 N–H and O–H groups in total. The number of nitrogens with zero attached hydrogens (tertiary/aromatic N) is 1. The second kappa shape index (κ2) is 4.74. The molecular weight excluding hydrogens is 250 g/mol. The normalized spacial score (nSPS) is 31.1. The van der Waals surface area contributed by atoms with E-state index in [2.05, 4.69) is 43.1 Å². The maximum atomic E-state index is 5.74. The van der Waals surface area contributed by atoms with Crippen LogP contribution < -0.4 is 0 Å².